The molecule has 1 fully saturated rings. The van der Waals surface area contributed by atoms with Crippen LogP contribution in [0.2, 0.25) is 0 Å². The van der Waals surface area contributed by atoms with Crippen molar-refractivity contribution in [2.24, 2.45) is 0 Å². The van der Waals surface area contributed by atoms with E-state index in [-0.39, 0.29) is 17.9 Å². The average molecular weight is 245 g/mol. The van der Waals surface area contributed by atoms with Crippen molar-refractivity contribution in [3.8, 4) is 0 Å². The van der Waals surface area contributed by atoms with Crippen molar-refractivity contribution in [2.75, 3.05) is 38.2 Å². The Morgan fingerprint density at radius 2 is 2.31 bits per heavy atom. The van der Waals surface area contributed by atoms with E-state index in [1.54, 1.807) is 4.90 Å². The van der Waals surface area contributed by atoms with Gasteiger partial charge in [0.1, 0.15) is 6.04 Å². The van der Waals surface area contributed by atoms with Gasteiger partial charge in [0, 0.05) is 26.2 Å². The molecule has 1 unspecified atom stereocenters. The van der Waals surface area contributed by atoms with Crippen molar-refractivity contribution >= 4 is 23.6 Å². The summed E-state index contributed by atoms with van der Waals surface area (Å²) in [4.78, 5) is 25.3. The number of piperazine rings is 1. The zero-order chi connectivity index (χ0) is 12.0. The van der Waals surface area contributed by atoms with E-state index in [2.05, 4.69) is 10.6 Å². The topological polar surface area (TPSA) is 61.4 Å². The third kappa shape index (κ3) is 3.38. The van der Waals surface area contributed by atoms with Crippen molar-refractivity contribution in [1.82, 2.24) is 15.5 Å². The van der Waals surface area contributed by atoms with Crippen LogP contribution in [0.5, 0.6) is 0 Å². The number of likely N-dealkylation sites (N-methyl/N-ethyl adjacent to an activating group) is 1. The van der Waals surface area contributed by atoms with Crippen molar-refractivity contribution in [1.29, 1.82) is 0 Å². The Morgan fingerprint density at radius 3 is 2.94 bits per heavy atom. The molecule has 2 amide bonds. The number of amides is 2. The lowest BCUT2D eigenvalue weighted by atomic mass is 10.1. The fourth-order valence-electron chi connectivity index (χ4n) is 1.74. The van der Waals surface area contributed by atoms with Crippen molar-refractivity contribution in [3.05, 3.63) is 0 Å². The van der Waals surface area contributed by atoms with E-state index < -0.39 is 0 Å². The van der Waals surface area contributed by atoms with Gasteiger partial charge >= 0.3 is 0 Å². The molecule has 0 radical (unpaired) electrons. The van der Waals surface area contributed by atoms with Crippen LogP contribution >= 0.6 is 11.8 Å². The zero-order valence-electron chi connectivity index (χ0n) is 9.78. The van der Waals surface area contributed by atoms with Crippen LogP contribution in [0.15, 0.2) is 0 Å². The van der Waals surface area contributed by atoms with Crippen LogP contribution < -0.4 is 10.6 Å². The molecule has 0 aromatic heterocycles. The van der Waals surface area contributed by atoms with E-state index in [1.807, 2.05) is 13.2 Å². The Bertz CT molecular complexity index is 234. The average Bonchev–Trinajstić information content (AvgIpc) is 2.30. The molecule has 0 bridgehead atoms. The number of hydrogen-bond acceptors (Lipinski definition) is 4. The first-order valence-electron chi connectivity index (χ1n) is 5.47. The molecular weight excluding hydrogens is 226 g/mol. The van der Waals surface area contributed by atoms with E-state index in [9.17, 15) is 9.59 Å². The molecule has 0 aromatic rings. The Labute approximate surface area is 100 Å². The highest BCUT2D eigenvalue weighted by molar-refractivity contribution is 7.99. The largest absolute Gasteiger partial charge is 0.355 e. The summed E-state index contributed by atoms with van der Waals surface area (Å²) < 4.78 is 0. The summed E-state index contributed by atoms with van der Waals surface area (Å²) in [6.07, 6.45) is 1.89. The predicted octanol–water partition coefficient (Wildman–Crippen LogP) is -0.714. The maximum absolute atomic E-state index is 11.8. The molecule has 1 rings (SSSR count). The molecule has 0 spiro atoms. The van der Waals surface area contributed by atoms with Gasteiger partial charge in [-0.05, 0) is 13.2 Å². The highest BCUT2D eigenvalue weighted by atomic mass is 32.2. The Hall–Kier alpha value is -0.750. The summed E-state index contributed by atoms with van der Waals surface area (Å²) in [6.45, 7) is 4.39. The number of hydrogen-bond donors (Lipinski definition) is 2. The molecule has 2 N–H and O–H groups in total. The molecule has 6 heteroatoms. The molecule has 5 nitrogen and oxygen atoms in total. The molecule has 16 heavy (non-hydrogen) atoms. The van der Waals surface area contributed by atoms with Crippen LogP contribution in [-0.4, -0.2) is 60.9 Å². The summed E-state index contributed by atoms with van der Waals surface area (Å²) in [7, 11) is 0. The summed E-state index contributed by atoms with van der Waals surface area (Å²) in [5, 5.41) is 5.90. The maximum atomic E-state index is 11.8. The van der Waals surface area contributed by atoms with E-state index in [0.29, 0.717) is 25.4 Å². The highest BCUT2D eigenvalue weighted by Gasteiger charge is 2.31. The second-order valence-corrected chi connectivity index (χ2v) is 4.50. The molecule has 0 aliphatic carbocycles. The lowest BCUT2D eigenvalue weighted by Crippen LogP contribution is -2.59. The molecule has 1 saturated heterocycles. The van der Waals surface area contributed by atoms with Crippen molar-refractivity contribution in [3.63, 3.8) is 0 Å². The Kier molecular flexibility index (Phi) is 5.62. The van der Waals surface area contributed by atoms with Crippen LogP contribution in [0, 0.1) is 0 Å². The van der Waals surface area contributed by atoms with Gasteiger partial charge < -0.3 is 15.5 Å². The highest BCUT2D eigenvalue weighted by Crippen LogP contribution is 2.07. The number of carbonyl (C=O) groups is 2. The smallest absolute Gasteiger partial charge is 0.244 e. The number of nitrogens with one attached hydrogen (secondary N) is 2. The zero-order valence-corrected chi connectivity index (χ0v) is 10.6. The van der Waals surface area contributed by atoms with Gasteiger partial charge in [0.05, 0.1) is 5.75 Å². The molecule has 0 saturated carbocycles. The van der Waals surface area contributed by atoms with Crippen LogP contribution in [0.25, 0.3) is 0 Å². The predicted molar refractivity (Wildman–Crippen MR) is 65.4 cm³/mol. The van der Waals surface area contributed by atoms with Gasteiger partial charge in [-0.3, -0.25) is 9.59 Å². The van der Waals surface area contributed by atoms with Gasteiger partial charge in [-0.1, -0.05) is 0 Å². The number of carbonyl (C=O) groups excluding carboxylic acids is 2. The lowest BCUT2D eigenvalue weighted by Gasteiger charge is -2.35. The summed E-state index contributed by atoms with van der Waals surface area (Å²) in [6, 6.07) is -0.353. The Balaban J connectivity index is 2.63. The van der Waals surface area contributed by atoms with E-state index >= 15 is 0 Å². The number of nitrogens with zero attached hydrogens (tertiary/aromatic N) is 1. The fraction of sp³-hybridized carbons (Fsp3) is 0.800. The van der Waals surface area contributed by atoms with Gasteiger partial charge in [0.25, 0.3) is 0 Å². The van der Waals surface area contributed by atoms with Crippen molar-refractivity contribution in [2.45, 2.75) is 13.0 Å². The van der Waals surface area contributed by atoms with E-state index in [4.69, 9.17) is 0 Å². The van der Waals surface area contributed by atoms with E-state index in [1.165, 1.54) is 11.8 Å². The minimum Gasteiger partial charge on any atom is -0.355 e. The van der Waals surface area contributed by atoms with Crippen LogP contribution in [0.1, 0.15) is 6.92 Å². The molecule has 92 valence electrons. The number of rotatable bonds is 4. The fourth-order valence-corrected chi connectivity index (χ4v) is 2.15. The lowest BCUT2D eigenvalue weighted by molar-refractivity contribution is -0.139. The second-order valence-electron chi connectivity index (χ2n) is 3.63. The quantitative estimate of drug-likeness (QED) is 0.686. The first kappa shape index (κ1) is 13.3. The van der Waals surface area contributed by atoms with Gasteiger partial charge in [0.2, 0.25) is 11.8 Å². The monoisotopic (exact) mass is 245 g/mol. The van der Waals surface area contributed by atoms with Gasteiger partial charge in [-0.15, -0.1) is 0 Å². The van der Waals surface area contributed by atoms with E-state index in [0.717, 1.165) is 6.54 Å². The molecule has 1 heterocycles. The normalized spacial score (nSPS) is 20.6. The summed E-state index contributed by atoms with van der Waals surface area (Å²) in [5.41, 5.74) is 0. The SMILES string of the molecule is CCNC(=O)C1CNCCN1C(=O)CSC. The first-order valence-corrected chi connectivity index (χ1v) is 6.87. The van der Waals surface area contributed by atoms with Crippen LogP contribution in [-0.2, 0) is 9.59 Å². The van der Waals surface area contributed by atoms with Gasteiger partial charge in [0.15, 0.2) is 0 Å². The second kappa shape index (κ2) is 6.75. The van der Waals surface area contributed by atoms with Crippen LogP contribution in [0.4, 0.5) is 0 Å². The first-order chi connectivity index (χ1) is 7.70. The number of thioether (sulfide) groups is 1. The van der Waals surface area contributed by atoms with Gasteiger partial charge in [-0.25, -0.2) is 0 Å². The Morgan fingerprint density at radius 1 is 1.56 bits per heavy atom. The van der Waals surface area contributed by atoms with Crippen LogP contribution in [0.3, 0.4) is 0 Å². The molecule has 1 aliphatic rings. The minimum absolute atomic E-state index is 0.0465. The maximum Gasteiger partial charge on any atom is 0.244 e. The standard InChI is InChI=1S/C10H19N3O2S/c1-3-12-10(15)8-6-11-4-5-13(8)9(14)7-16-2/h8,11H,3-7H2,1-2H3,(H,12,15). The molecule has 0 aromatic carbocycles. The minimum atomic E-state index is -0.353. The molecular formula is C10H19N3O2S. The van der Waals surface area contributed by atoms with Crippen molar-refractivity contribution < 1.29 is 9.59 Å². The molecule has 1 aliphatic heterocycles. The molecule has 1 atom stereocenters. The third-order valence-electron chi connectivity index (χ3n) is 2.49. The summed E-state index contributed by atoms with van der Waals surface area (Å²) >= 11 is 1.49. The van der Waals surface area contributed by atoms with Gasteiger partial charge in [-0.2, -0.15) is 11.8 Å². The summed E-state index contributed by atoms with van der Waals surface area (Å²) in [5.74, 6) is 0.421. The third-order valence-corrected chi connectivity index (χ3v) is 3.02.